The Balaban J connectivity index is 1.66. The third kappa shape index (κ3) is 3.35. The molecule has 1 aliphatic carbocycles. The molecule has 0 unspecified atom stereocenters. The van der Waals surface area contributed by atoms with Gasteiger partial charge in [-0.3, -0.25) is 4.98 Å². The quantitative estimate of drug-likeness (QED) is 0.761. The number of rotatable bonds is 4. The monoisotopic (exact) mass is 350 g/mol. The molecule has 1 aromatic carbocycles. The van der Waals surface area contributed by atoms with Gasteiger partial charge in [-0.1, -0.05) is 6.07 Å². The lowest BCUT2D eigenvalue weighted by molar-refractivity contribution is 0.202. The summed E-state index contributed by atoms with van der Waals surface area (Å²) in [4.78, 5) is 12.5. The smallest absolute Gasteiger partial charge is 0.221 e. The SMILES string of the molecule is Nc1cnc(-c2ccc(-c3cccnc3OC3CCCC3)cc2F)cn1. The summed E-state index contributed by atoms with van der Waals surface area (Å²) in [5, 5.41) is 0. The third-order valence-corrected chi connectivity index (χ3v) is 4.58. The molecule has 1 saturated carbocycles. The van der Waals surface area contributed by atoms with Gasteiger partial charge in [0.05, 0.1) is 18.1 Å². The zero-order valence-electron chi connectivity index (χ0n) is 14.2. The van der Waals surface area contributed by atoms with E-state index in [0.29, 0.717) is 23.0 Å². The first-order valence-corrected chi connectivity index (χ1v) is 8.70. The number of ether oxygens (including phenoxy) is 1. The van der Waals surface area contributed by atoms with Crippen LogP contribution in [0.2, 0.25) is 0 Å². The van der Waals surface area contributed by atoms with E-state index < -0.39 is 0 Å². The summed E-state index contributed by atoms with van der Waals surface area (Å²) in [6.07, 6.45) is 9.21. The van der Waals surface area contributed by atoms with E-state index in [4.69, 9.17) is 10.5 Å². The lowest BCUT2D eigenvalue weighted by Crippen LogP contribution is -2.12. The normalized spacial score (nSPS) is 14.5. The number of hydrogen-bond donors (Lipinski definition) is 1. The van der Waals surface area contributed by atoms with Gasteiger partial charge in [0.1, 0.15) is 17.7 Å². The molecule has 0 bridgehead atoms. The van der Waals surface area contributed by atoms with Crippen molar-refractivity contribution >= 4 is 5.82 Å². The van der Waals surface area contributed by atoms with Crippen LogP contribution in [0, 0.1) is 5.82 Å². The molecule has 0 amide bonds. The molecule has 1 fully saturated rings. The lowest BCUT2D eigenvalue weighted by Gasteiger charge is -2.15. The van der Waals surface area contributed by atoms with E-state index in [-0.39, 0.29) is 11.9 Å². The molecule has 4 rings (SSSR count). The highest BCUT2D eigenvalue weighted by Gasteiger charge is 2.19. The maximum absolute atomic E-state index is 14.7. The minimum atomic E-state index is -0.378. The van der Waals surface area contributed by atoms with Gasteiger partial charge in [0.15, 0.2) is 0 Å². The molecule has 2 aromatic heterocycles. The van der Waals surface area contributed by atoms with Crippen LogP contribution < -0.4 is 10.5 Å². The van der Waals surface area contributed by atoms with Gasteiger partial charge in [-0.05, 0) is 55.5 Å². The Labute approximate surface area is 151 Å². The first kappa shape index (κ1) is 16.4. The maximum atomic E-state index is 14.7. The van der Waals surface area contributed by atoms with Crippen molar-refractivity contribution in [3.05, 3.63) is 54.7 Å². The van der Waals surface area contributed by atoms with Gasteiger partial charge in [0.25, 0.3) is 0 Å². The molecular weight excluding hydrogens is 331 g/mol. The molecule has 1 aliphatic rings. The van der Waals surface area contributed by atoms with Crippen molar-refractivity contribution in [1.82, 2.24) is 15.0 Å². The molecule has 6 heteroatoms. The predicted molar refractivity (Wildman–Crippen MR) is 98.0 cm³/mol. The number of nitrogens with zero attached hydrogens (tertiary/aromatic N) is 3. The number of pyridine rings is 1. The summed E-state index contributed by atoms with van der Waals surface area (Å²) >= 11 is 0. The van der Waals surface area contributed by atoms with Gasteiger partial charge in [0, 0.05) is 17.3 Å². The van der Waals surface area contributed by atoms with Crippen molar-refractivity contribution in [1.29, 1.82) is 0 Å². The average molecular weight is 350 g/mol. The van der Waals surface area contributed by atoms with Gasteiger partial charge in [-0.2, -0.15) is 0 Å². The summed E-state index contributed by atoms with van der Waals surface area (Å²) in [5.74, 6) is 0.478. The Morgan fingerprint density at radius 3 is 2.58 bits per heavy atom. The van der Waals surface area contributed by atoms with Gasteiger partial charge in [0.2, 0.25) is 5.88 Å². The molecule has 0 saturated heterocycles. The third-order valence-electron chi connectivity index (χ3n) is 4.58. The molecule has 5 nitrogen and oxygen atoms in total. The minimum Gasteiger partial charge on any atom is -0.474 e. The van der Waals surface area contributed by atoms with Crippen molar-refractivity contribution in [2.24, 2.45) is 0 Å². The van der Waals surface area contributed by atoms with Crippen LogP contribution in [0.4, 0.5) is 10.2 Å². The summed E-state index contributed by atoms with van der Waals surface area (Å²) in [6.45, 7) is 0. The summed E-state index contributed by atoms with van der Waals surface area (Å²) in [7, 11) is 0. The van der Waals surface area contributed by atoms with Gasteiger partial charge in [-0.25, -0.2) is 14.4 Å². The van der Waals surface area contributed by atoms with Crippen LogP contribution in [0.1, 0.15) is 25.7 Å². The van der Waals surface area contributed by atoms with Gasteiger partial charge < -0.3 is 10.5 Å². The van der Waals surface area contributed by atoms with Crippen molar-refractivity contribution in [3.63, 3.8) is 0 Å². The fraction of sp³-hybridized carbons (Fsp3) is 0.250. The Kier molecular flexibility index (Phi) is 4.48. The number of nitrogen functional groups attached to an aromatic ring is 1. The highest BCUT2D eigenvalue weighted by Crippen LogP contribution is 2.33. The molecule has 26 heavy (non-hydrogen) atoms. The van der Waals surface area contributed by atoms with Crippen molar-refractivity contribution < 1.29 is 9.13 Å². The average Bonchev–Trinajstić information content (AvgIpc) is 3.16. The molecule has 0 spiro atoms. The number of hydrogen-bond acceptors (Lipinski definition) is 5. The van der Waals surface area contributed by atoms with E-state index >= 15 is 0 Å². The van der Waals surface area contributed by atoms with Crippen LogP contribution in [0.3, 0.4) is 0 Å². The van der Waals surface area contributed by atoms with E-state index in [1.165, 1.54) is 31.3 Å². The van der Waals surface area contributed by atoms with Gasteiger partial charge >= 0.3 is 0 Å². The lowest BCUT2D eigenvalue weighted by atomic mass is 10.0. The fourth-order valence-electron chi connectivity index (χ4n) is 3.24. The van der Waals surface area contributed by atoms with Crippen LogP contribution in [0.15, 0.2) is 48.9 Å². The topological polar surface area (TPSA) is 73.9 Å². The zero-order chi connectivity index (χ0) is 17.9. The van der Waals surface area contributed by atoms with Crippen molar-refractivity contribution in [3.8, 4) is 28.3 Å². The fourth-order valence-corrected chi connectivity index (χ4v) is 3.24. The van der Waals surface area contributed by atoms with E-state index in [2.05, 4.69) is 15.0 Å². The minimum absolute atomic E-state index is 0.192. The molecule has 0 radical (unpaired) electrons. The molecule has 3 aromatic rings. The number of aromatic nitrogens is 3. The van der Waals surface area contributed by atoms with Crippen LogP contribution in [-0.4, -0.2) is 21.1 Å². The van der Waals surface area contributed by atoms with Crippen LogP contribution >= 0.6 is 0 Å². The standard InChI is InChI=1S/C20H19FN4O/c21-17-10-13(7-8-16(17)18-11-25-19(22)12-24-18)15-6-3-9-23-20(15)26-14-4-1-2-5-14/h3,6-12,14H,1-2,4-5H2,(H2,22,25). The van der Waals surface area contributed by atoms with E-state index in [0.717, 1.165) is 24.0 Å². The number of anilines is 1. The summed E-state index contributed by atoms with van der Waals surface area (Å²) in [6, 6.07) is 8.74. The van der Waals surface area contributed by atoms with Crippen LogP contribution in [-0.2, 0) is 0 Å². The highest BCUT2D eigenvalue weighted by molar-refractivity contribution is 5.72. The second kappa shape index (κ2) is 7.07. The molecule has 0 aliphatic heterocycles. The largest absolute Gasteiger partial charge is 0.474 e. The molecule has 2 heterocycles. The number of halogens is 1. The highest BCUT2D eigenvalue weighted by atomic mass is 19.1. The van der Waals surface area contributed by atoms with Crippen LogP contribution in [0.25, 0.3) is 22.4 Å². The van der Waals surface area contributed by atoms with Crippen molar-refractivity contribution in [2.45, 2.75) is 31.8 Å². The Morgan fingerprint density at radius 1 is 1.00 bits per heavy atom. The number of nitrogens with two attached hydrogens (primary N) is 1. The Morgan fingerprint density at radius 2 is 1.85 bits per heavy atom. The summed E-state index contributed by atoms with van der Waals surface area (Å²) < 4.78 is 20.8. The van der Waals surface area contributed by atoms with Crippen LogP contribution in [0.5, 0.6) is 5.88 Å². The molecular formula is C20H19FN4O. The molecule has 132 valence electrons. The van der Waals surface area contributed by atoms with Gasteiger partial charge in [-0.15, -0.1) is 0 Å². The number of benzene rings is 1. The molecule has 2 N–H and O–H groups in total. The van der Waals surface area contributed by atoms with E-state index in [1.54, 1.807) is 12.3 Å². The predicted octanol–water partition coefficient (Wildman–Crippen LogP) is 4.25. The van der Waals surface area contributed by atoms with E-state index in [1.807, 2.05) is 18.2 Å². The Hall–Kier alpha value is -3.02. The van der Waals surface area contributed by atoms with Crippen molar-refractivity contribution in [2.75, 3.05) is 5.73 Å². The van der Waals surface area contributed by atoms with E-state index in [9.17, 15) is 4.39 Å². The first-order valence-electron chi connectivity index (χ1n) is 8.70. The Bertz CT molecular complexity index is 908. The first-order chi connectivity index (χ1) is 12.7. The second-order valence-electron chi connectivity index (χ2n) is 6.40. The summed E-state index contributed by atoms with van der Waals surface area (Å²) in [5.41, 5.74) is 7.86. The second-order valence-corrected chi connectivity index (χ2v) is 6.40. The maximum Gasteiger partial charge on any atom is 0.221 e. The molecule has 0 atom stereocenters. The zero-order valence-corrected chi connectivity index (χ0v) is 14.2.